The quantitative estimate of drug-likeness (QED) is 0.893. The van der Waals surface area contributed by atoms with Crippen LogP contribution in [0.4, 0.5) is 8.78 Å². The van der Waals surface area contributed by atoms with Gasteiger partial charge in [-0.1, -0.05) is 6.07 Å². The van der Waals surface area contributed by atoms with Crippen molar-refractivity contribution in [1.82, 2.24) is 9.55 Å². The lowest BCUT2D eigenvalue weighted by atomic mass is 10.1. The number of imidazole rings is 1. The molecule has 0 aliphatic heterocycles. The second-order valence-electron chi connectivity index (χ2n) is 3.31. The number of nitrogens with zero attached hydrogens (tertiary/aromatic N) is 2. The Kier molecular flexibility index (Phi) is 2.86. The number of aromatic nitrogens is 2. The molecular formula is C11H8F2N2O2. The molecule has 1 aromatic carbocycles. The summed E-state index contributed by atoms with van der Waals surface area (Å²) in [6, 6.07) is 4.00. The van der Waals surface area contributed by atoms with Crippen LogP contribution in [0, 0.1) is 0 Å². The van der Waals surface area contributed by atoms with Crippen molar-refractivity contribution < 1.29 is 18.7 Å². The molecule has 0 bridgehead atoms. The van der Waals surface area contributed by atoms with E-state index in [9.17, 15) is 13.6 Å². The van der Waals surface area contributed by atoms with E-state index in [0.717, 1.165) is 6.07 Å². The summed E-state index contributed by atoms with van der Waals surface area (Å²) < 4.78 is 27.2. The normalized spacial score (nSPS) is 10.8. The molecule has 2 aromatic rings. The average Bonchev–Trinajstić information content (AvgIpc) is 2.81. The fourth-order valence-electron chi connectivity index (χ4n) is 1.60. The van der Waals surface area contributed by atoms with Gasteiger partial charge in [-0.3, -0.25) is 0 Å². The lowest BCUT2D eigenvalue weighted by Crippen LogP contribution is -2.07. The van der Waals surface area contributed by atoms with Gasteiger partial charge >= 0.3 is 5.97 Å². The third-order valence-electron chi connectivity index (χ3n) is 2.31. The molecule has 1 N–H and O–H groups in total. The van der Waals surface area contributed by atoms with Crippen LogP contribution in [0.1, 0.15) is 22.3 Å². The van der Waals surface area contributed by atoms with Crippen molar-refractivity contribution in [3.8, 4) is 5.69 Å². The van der Waals surface area contributed by atoms with Crippen LogP contribution in [0.25, 0.3) is 5.69 Å². The van der Waals surface area contributed by atoms with Gasteiger partial charge in [0.15, 0.2) is 0 Å². The first-order valence-corrected chi connectivity index (χ1v) is 4.74. The fraction of sp³-hybridized carbons (Fsp3) is 0.0909. The maximum Gasteiger partial charge on any atom is 0.336 e. The van der Waals surface area contributed by atoms with Gasteiger partial charge in [0.05, 0.1) is 23.1 Å². The standard InChI is InChI=1S/C11H8F2N2O2/c12-10(13)9-7(11(16)17)2-1-3-8(9)15-5-4-14-6-15/h1-6,10H,(H,16,17). The van der Waals surface area contributed by atoms with Crippen molar-refractivity contribution >= 4 is 5.97 Å². The number of carboxylic acids is 1. The van der Waals surface area contributed by atoms with Gasteiger partial charge in [0.2, 0.25) is 0 Å². The van der Waals surface area contributed by atoms with E-state index in [1.165, 1.54) is 35.4 Å². The van der Waals surface area contributed by atoms with E-state index in [0.29, 0.717) is 0 Å². The molecule has 0 amide bonds. The predicted octanol–water partition coefficient (Wildman–Crippen LogP) is 2.51. The molecule has 2 rings (SSSR count). The molecule has 88 valence electrons. The second-order valence-corrected chi connectivity index (χ2v) is 3.31. The largest absolute Gasteiger partial charge is 0.478 e. The predicted molar refractivity (Wildman–Crippen MR) is 55.5 cm³/mol. The van der Waals surface area contributed by atoms with E-state index in [-0.39, 0.29) is 5.69 Å². The van der Waals surface area contributed by atoms with E-state index in [2.05, 4.69) is 4.98 Å². The van der Waals surface area contributed by atoms with Gasteiger partial charge in [-0.05, 0) is 12.1 Å². The third-order valence-corrected chi connectivity index (χ3v) is 2.31. The summed E-state index contributed by atoms with van der Waals surface area (Å²) in [6.45, 7) is 0. The monoisotopic (exact) mass is 238 g/mol. The molecule has 0 fully saturated rings. The van der Waals surface area contributed by atoms with Gasteiger partial charge in [0.1, 0.15) is 0 Å². The van der Waals surface area contributed by atoms with Gasteiger partial charge in [-0.25, -0.2) is 18.6 Å². The average molecular weight is 238 g/mol. The summed E-state index contributed by atoms with van der Waals surface area (Å²) in [4.78, 5) is 14.6. The molecule has 0 saturated heterocycles. The number of alkyl halides is 2. The summed E-state index contributed by atoms with van der Waals surface area (Å²) in [5.41, 5.74) is -0.776. The van der Waals surface area contributed by atoms with E-state index in [1.807, 2.05) is 0 Å². The number of carbonyl (C=O) groups is 1. The van der Waals surface area contributed by atoms with Crippen molar-refractivity contribution in [2.45, 2.75) is 6.43 Å². The van der Waals surface area contributed by atoms with Gasteiger partial charge < -0.3 is 9.67 Å². The number of aromatic carboxylic acids is 1. The Balaban J connectivity index is 2.68. The lowest BCUT2D eigenvalue weighted by Gasteiger charge is -2.12. The van der Waals surface area contributed by atoms with Gasteiger partial charge in [0, 0.05) is 12.4 Å². The Bertz CT molecular complexity index is 538. The molecule has 0 saturated carbocycles. The molecule has 1 aromatic heterocycles. The van der Waals surface area contributed by atoms with Gasteiger partial charge in [-0.15, -0.1) is 0 Å². The molecule has 6 heteroatoms. The minimum absolute atomic E-state index is 0.123. The molecule has 0 spiro atoms. The van der Waals surface area contributed by atoms with Crippen LogP contribution >= 0.6 is 0 Å². The van der Waals surface area contributed by atoms with Crippen LogP contribution in [0.15, 0.2) is 36.9 Å². The number of rotatable bonds is 3. The molecule has 0 aliphatic rings. The maximum absolute atomic E-state index is 12.9. The zero-order valence-corrected chi connectivity index (χ0v) is 8.55. The van der Waals surface area contributed by atoms with Crippen LogP contribution in [0.5, 0.6) is 0 Å². The van der Waals surface area contributed by atoms with Crippen LogP contribution in [-0.4, -0.2) is 20.6 Å². The first-order chi connectivity index (χ1) is 8.11. The first kappa shape index (κ1) is 11.3. The Morgan fingerprint density at radius 2 is 2.18 bits per heavy atom. The summed E-state index contributed by atoms with van der Waals surface area (Å²) in [5.74, 6) is -1.37. The van der Waals surface area contributed by atoms with E-state index < -0.39 is 23.5 Å². The molecule has 0 atom stereocenters. The van der Waals surface area contributed by atoms with E-state index >= 15 is 0 Å². The molecule has 0 unspecified atom stereocenters. The van der Waals surface area contributed by atoms with Crippen molar-refractivity contribution in [1.29, 1.82) is 0 Å². The number of benzene rings is 1. The SMILES string of the molecule is O=C(O)c1cccc(-n2ccnc2)c1C(F)F. The molecular weight excluding hydrogens is 230 g/mol. The Labute approximate surface area is 95.1 Å². The third kappa shape index (κ3) is 2.01. The summed E-state index contributed by atoms with van der Waals surface area (Å²) in [6.07, 6.45) is 1.39. The number of hydrogen-bond acceptors (Lipinski definition) is 2. The van der Waals surface area contributed by atoms with Crippen LogP contribution < -0.4 is 0 Å². The zero-order chi connectivity index (χ0) is 12.4. The zero-order valence-electron chi connectivity index (χ0n) is 8.55. The highest BCUT2D eigenvalue weighted by Crippen LogP contribution is 2.29. The smallest absolute Gasteiger partial charge is 0.336 e. The summed E-state index contributed by atoms with van der Waals surface area (Å²) in [5, 5.41) is 8.88. The minimum Gasteiger partial charge on any atom is -0.478 e. The summed E-state index contributed by atoms with van der Waals surface area (Å²) >= 11 is 0. The minimum atomic E-state index is -2.86. The van der Waals surface area contributed by atoms with Crippen molar-refractivity contribution in [3.05, 3.63) is 48.0 Å². The Morgan fingerprint density at radius 3 is 2.71 bits per heavy atom. The Hall–Kier alpha value is -2.24. The number of hydrogen-bond donors (Lipinski definition) is 1. The molecule has 1 heterocycles. The lowest BCUT2D eigenvalue weighted by molar-refractivity contribution is 0.0684. The van der Waals surface area contributed by atoms with Crippen LogP contribution in [0.2, 0.25) is 0 Å². The first-order valence-electron chi connectivity index (χ1n) is 4.74. The Morgan fingerprint density at radius 1 is 1.41 bits per heavy atom. The number of carboxylic acid groups (broad SMARTS) is 1. The van der Waals surface area contributed by atoms with Crippen molar-refractivity contribution in [3.63, 3.8) is 0 Å². The van der Waals surface area contributed by atoms with Gasteiger partial charge in [-0.2, -0.15) is 0 Å². The fourth-order valence-corrected chi connectivity index (χ4v) is 1.60. The van der Waals surface area contributed by atoms with Crippen molar-refractivity contribution in [2.24, 2.45) is 0 Å². The van der Waals surface area contributed by atoms with E-state index in [1.54, 1.807) is 0 Å². The maximum atomic E-state index is 12.9. The van der Waals surface area contributed by atoms with Crippen molar-refractivity contribution in [2.75, 3.05) is 0 Å². The van der Waals surface area contributed by atoms with Gasteiger partial charge in [0.25, 0.3) is 6.43 Å². The molecule has 0 aliphatic carbocycles. The highest BCUT2D eigenvalue weighted by Gasteiger charge is 2.22. The highest BCUT2D eigenvalue weighted by atomic mass is 19.3. The van der Waals surface area contributed by atoms with Crippen LogP contribution in [-0.2, 0) is 0 Å². The second kappa shape index (κ2) is 4.32. The highest BCUT2D eigenvalue weighted by molar-refractivity contribution is 5.90. The summed E-state index contributed by atoms with van der Waals surface area (Å²) in [7, 11) is 0. The van der Waals surface area contributed by atoms with Crippen LogP contribution in [0.3, 0.4) is 0 Å². The number of halogens is 2. The molecule has 0 radical (unpaired) electrons. The van der Waals surface area contributed by atoms with E-state index in [4.69, 9.17) is 5.11 Å². The molecule has 17 heavy (non-hydrogen) atoms. The topological polar surface area (TPSA) is 55.1 Å². The molecule has 4 nitrogen and oxygen atoms in total.